The summed E-state index contributed by atoms with van der Waals surface area (Å²) in [5, 5.41) is 5.98. The largest absolute Gasteiger partial charge is 0.372 e. The fraction of sp³-hybridized carbons (Fsp3) is 0.455. The van der Waals surface area contributed by atoms with Crippen LogP contribution >= 0.6 is 0 Å². The van der Waals surface area contributed by atoms with Gasteiger partial charge in [0.15, 0.2) is 0 Å². The number of likely N-dealkylation sites (N-methyl/N-ethyl adjacent to an activating group) is 1. The predicted molar refractivity (Wildman–Crippen MR) is 121 cm³/mol. The Balaban J connectivity index is 1.54. The SMILES string of the molecule is CNC/C=C/C(=O)N1CC(N(CC2CC2)c2cc(-c3cncc(NC)n3)c[nH]c2=O)C1. The number of carbonyl (C=O) groups excluding carboxylic acids is 1. The van der Waals surface area contributed by atoms with Crippen LogP contribution < -0.4 is 21.1 Å². The molecule has 2 aromatic rings. The maximum absolute atomic E-state index is 12.8. The smallest absolute Gasteiger partial charge is 0.271 e. The Morgan fingerprint density at radius 1 is 1.32 bits per heavy atom. The van der Waals surface area contributed by atoms with Gasteiger partial charge in [-0.1, -0.05) is 6.08 Å². The standard InChI is InChI=1S/C22H29N7O2/c1-23-7-3-4-21(30)28-13-17(14-28)29(12-15-5-6-15)19-8-16(9-26-22(19)31)18-10-25-11-20(24-2)27-18/h3-4,8-11,15,17,23H,5-7,12-14H2,1-2H3,(H,24,27)(H,26,31)/b4-3+. The van der Waals surface area contributed by atoms with Gasteiger partial charge in [-0.25, -0.2) is 4.98 Å². The highest BCUT2D eigenvalue weighted by atomic mass is 16.2. The molecule has 2 fully saturated rings. The summed E-state index contributed by atoms with van der Waals surface area (Å²) in [6.07, 6.45) is 10.8. The Bertz CT molecular complexity index is 1010. The van der Waals surface area contributed by atoms with Gasteiger partial charge in [-0.2, -0.15) is 0 Å². The van der Waals surface area contributed by atoms with E-state index in [1.807, 2.05) is 24.1 Å². The van der Waals surface area contributed by atoms with Crippen molar-refractivity contribution in [1.29, 1.82) is 0 Å². The third-order valence-electron chi connectivity index (χ3n) is 5.73. The van der Waals surface area contributed by atoms with Crippen molar-refractivity contribution in [3.05, 3.63) is 47.2 Å². The van der Waals surface area contributed by atoms with Crippen LogP contribution in [0.1, 0.15) is 12.8 Å². The lowest BCUT2D eigenvalue weighted by Gasteiger charge is -2.46. The van der Waals surface area contributed by atoms with E-state index in [1.165, 1.54) is 12.8 Å². The molecule has 4 rings (SSSR count). The quantitative estimate of drug-likeness (QED) is 0.518. The number of pyridine rings is 1. The third kappa shape index (κ3) is 4.93. The molecule has 0 radical (unpaired) electrons. The number of nitrogens with one attached hydrogen (secondary N) is 3. The van der Waals surface area contributed by atoms with E-state index in [4.69, 9.17) is 0 Å². The molecule has 1 saturated carbocycles. The van der Waals surface area contributed by atoms with Crippen LogP contribution in [0.15, 0.2) is 41.6 Å². The van der Waals surface area contributed by atoms with Crippen molar-refractivity contribution in [3.8, 4) is 11.3 Å². The average molecular weight is 424 g/mol. The summed E-state index contributed by atoms with van der Waals surface area (Å²) in [5.74, 6) is 1.29. The van der Waals surface area contributed by atoms with E-state index in [2.05, 4.69) is 30.5 Å². The number of hydrogen-bond acceptors (Lipinski definition) is 7. The van der Waals surface area contributed by atoms with Crippen LogP contribution in [-0.2, 0) is 4.79 Å². The molecule has 3 heterocycles. The molecule has 0 aromatic carbocycles. The number of anilines is 2. The molecule has 0 spiro atoms. The summed E-state index contributed by atoms with van der Waals surface area (Å²) in [4.78, 5) is 40.7. The summed E-state index contributed by atoms with van der Waals surface area (Å²) in [5.41, 5.74) is 2.00. The second-order valence-corrected chi connectivity index (χ2v) is 8.10. The molecule has 3 N–H and O–H groups in total. The highest BCUT2D eigenvalue weighted by Crippen LogP contribution is 2.33. The second kappa shape index (κ2) is 9.30. The highest BCUT2D eigenvalue weighted by Gasteiger charge is 2.37. The molecule has 9 nitrogen and oxygen atoms in total. The van der Waals surface area contributed by atoms with E-state index in [0.29, 0.717) is 42.8 Å². The third-order valence-corrected chi connectivity index (χ3v) is 5.73. The van der Waals surface area contributed by atoms with Gasteiger partial charge in [-0.05, 0) is 31.9 Å². The fourth-order valence-electron chi connectivity index (χ4n) is 3.70. The van der Waals surface area contributed by atoms with Crippen LogP contribution in [0.3, 0.4) is 0 Å². The summed E-state index contributed by atoms with van der Waals surface area (Å²) >= 11 is 0. The number of aromatic nitrogens is 3. The van der Waals surface area contributed by atoms with Crippen molar-refractivity contribution in [2.45, 2.75) is 18.9 Å². The number of carbonyl (C=O) groups is 1. The molecule has 2 aliphatic rings. The summed E-state index contributed by atoms with van der Waals surface area (Å²) in [7, 11) is 3.64. The van der Waals surface area contributed by atoms with E-state index in [-0.39, 0.29) is 17.5 Å². The fourth-order valence-corrected chi connectivity index (χ4v) is 3.70. The maximum Gasteiger partial charge on any atom is 0.271 e. The van der Waals surface area contributed by atoms with Crippen molar-refractivity contribution in [1.82, 2.24) is 25.2 Å². The average Bonchev–Trinajstić information content (AvgIpc) is 3.57. The number of nitrogens with zero attached hydrogens (tertiary/aromatic N) is 4. The lowest BCUT2D eigenvalue weighted by Crippen LogP contribution is -2.62. The number of H-pyrrole nitrogens is 1. The van der Waals surface area contributed by atoms with E-state index in [0.717, 1.165) is 12.1 Å². The van der Waals surface area contributed by atoms with E-state index < -0.39 is 0 Å². The zero-order valence-electron chi connectivity index (χ0n) is 18.0. The Morgan fingerprint density at radius 2 is 2.13 bits per heavy atom. The summed E-state index contributed by atoms with van der Waals surface area (Å²) in [6.45, 7) is 2.73. The van der Waals surface area contributed by atoms with Crippen LogP contribution in [0.5, 0.6) is 0 Å². The van der Waals surface area contributed by atoms with Crippen molar-refractivity contribution in [2.75, 3.05) is 50.5 Å². The van der Waals surface area contributed by atoms with E-state index in [1.54, 1.807) is 31.7 Å². The van der Waals surface area contributed by atoms with E-state index >= 15 is 0 Å². The zero-order chi connectivity index (χ0) is 21.8. The van der Waals surface area contributed by atoms with Crippen molar-refractivity contribution in [2.24, 2.45) is 5.92 Å². The maximum atomic E-state index is 12.8. The molecule has 9 heteroatoms. The summed E-state index contributed by atoms with van der Waals surface area (Å²) < 4.78 is 0. The van der Waals surface area contributed by atoms with Crippen molar-refractivity contribution >= 4 is 17.4 Å². The van der Waals surface area contributed by atoms with Gasteiger partial charge < -0.3 is 25.4 Å². The van der Waals surface area contributed by atoms with Crippen LogP contribution in [0, 0.1) is 5.92 Å². The molecule has 164 valence electrons. The Labute approximate surface area is 181 Å². The van der Waals surface area contributed by atoms with Crippen LogP contribution in [0.2, 0.25) is 0 Å². The van der Waals surface area contributed by atoms with Crippen LogP contribution in [0.25, 0.3) is 11.3 Å². The Morgan fingerprint density at radius 3 is 2.84 bits per heavy atom. The summed E-state index contributed by atoms with van der Waals surface area (Å²) in [6, 6.07) is 2.02. The van der Waals surface area contributed by atoms with Gasteiger partial charge in [0.05, 0.1) is 24.1 Å². The lowest BCUT2D eigenvalue weighted by molar-refractivity contribution is -0.130. The molecule has 1 amide bonds. The van der Waals surface area contributed by atoms with Crippen LogP contribution in [-0.4, -0.2) is 72.1 Å². The van der Waals surface area contributed by atoms with Crippen molar-refractivity contribution in [3.63, 3.8) is 0 Å². The van der Waals surface area contributed by atoms with Gasteiger partial charge in [0.2, 0.25) is 5.91 Å². The predicted octanol–water partition coefficient (Wildman–Crippen LogP) is 1.08. The molecule has 31 heavy (non-hydrogen) atoms. The second-order valence-electron chi connectivity index (χ2n) is 8.10. The van der Waals surface area contributed by atoms with Gasteiger partial charge in [-0.15, -0.1) is 0 Å². The molecule has 2 aromatic heterocycles. The number of hydrogen-bond donors (Lipinski definition) is 3. The molecular weight excluding hydrogens is 394 g/mol. The number of amides is 1. The minimum atomic E-state index is -0.124. The van der Waals surface area contributed by atoms with E-state index in [9.17, 15) is 9.59 Å². The molecule has 1 aliphatic carbocycles. The minimum absolute atomic E-state index is 0.0136. The van der Waals surface area contributed by atoms with Crippen molar-refractivity contribution < 1.29 is 4.79 Å². The highest BCUT2D eigenvalue weighted by molar-refractivity contribution is 5.88. The molecule has 0 atom stereocenters. The first kappa shape index (κ1) is 21.0. The number of aromatic amines is 1. The molecule has 1 aliphatic heterocycles. The topological polar surface area (TPSA) is 106 Å². The first-order chi connectivity index (χ1) is 15.1. The number of likely N-dealkylation sites (tertiary alicyclic amines) is 1. The Kier molecular flexibility index (Phi) is 6.31. The normalized spacial score (nSPS) is 16.4. The first-order valence-corrected chi connectivity index (χ1v) is 10.7. The Hall–Kier alpha value is -3.20. The molecule has 0 unspecified atom stereocenters. The van der Waals surface area contributed by atoms with Gasteiger partial charge >= 0.3 is 0 Å². The first-order valence-electron chi connectivity index (χ1n) is 10.7. The van der Waals surface area contributed by atoms with Crippen LogP contribution in [0.4, 0.5) is 11.5 Å². The molecule has 1 saturated heterocycles. The molecule has 0 bridgehead atoms. The minimum Gasteiger partial charge on any atom is -0.372 e. The van der Waals surface area contributed by atoms with Gasteiger partial charge in [0.1, 0.15) is 11.5 Å². The molecular formula is C22H29N7O2. The van der Waals surface area contributed by atoms with Gasteiger partial charge in [0, 0.05) is 51.1 Å². The zero-order valence-corrected chi connectivity index (χ0v) is 18.0. The lowest BCUT2D eigenvalue weighted by atomic mass is 10.0. The monoisotopic (exact) mass is 423 g/mol. The van der Waals surface area contributed by atoms with Gasteiger partial charge in [0.25, 0.3) is 5.56 Å². The number of rotatable bonds is 9. The van der Waals surface area contributed by atoms with Gasteiger partial charge in [-0.3, -0.25) is 14.6 Å².